The number of hydrogen-bond donors (Lipinski definition) is 0. The third-order valence-electron chi connectivity index (χ3n) is 3.41. The van der Waals surface area contributed by atoms with Gasteiger partial charge in [0.2, 0.25) is 0 Å². The number of rotatable bonds is 0. The minimum atomic E-state index is -0.116. The molecule has 0 amide bonds. The molecular formula is C15H10IN. The molecule has 1 aromatic heterocycles. The molecule has 1 aliphatic heterocycles. The van der Waals surface area contributed by atoms with Crippen LogP contribution in [-0.4, -0.2) is 8.23 Å². The fourth-order valence-corrected chi connectivity index (χ4v) is 4.65. The number of aromatic nitrogens is 1. The summed E-state index contributed by atoms with van der Waals surface area (Å²) < 4.78 is 7.30. The van der Waals surface area contributed by atoms with Crippen molar-refractivity contribution in [3.05, 3.63) is 45.5 Å². The Balaban J connectivity index is 2.48. The van der Waals surface area contributed by atoms with E-state index in [1.165, 1.54) is 30.9 Å². The van der Waals surface area contributed by atoms with E-state index in [0.717, 1.165) is 0 Å². The molecule has 3 aromatic rings. The van der Waals surface area contributed by atoms with Crippen molar-refractivity contribution in [3.63, 3.8) is 0 Å². The molecule has 0 spiro atoms. The van der Waals surface area contributed by atoms with Crippen LogP contribution in [0.15, 0.2) is 36.4 Å². The highest BCUT2D eigenvalue weighted by Crippen LogP contribution is 2.36. The molecule has 0 fully saturated rings. The van der Waals surface area contributed by atoms with Crippen LogP contribution in [0.4, 0.5) is 0 Å². The zero-order valence-corrected chi connectivity index (χ0v) is 11.5. The van der Waals surface area contributed by atoms with E-state index in [2.05, 4.69) is 57.8 Å². The van der Waals surface area contributed by atoms with Gasteiger partial charge in [0.15, 0.2) is 0 Å². The zero-order chi connectivity index (χ0) is 11.4. The Morgan fingerprint density at radius 2 is 1.76 bits per heavy atom. The van der Waals surface area contributed by atoms with E-state index >= 15 is 0 Å². The molecule has 0 saturated heterocycles. The smallest absolute Gasteiger partial charge is 0.0499 e. The summed E-state index contributed by atoms with van der Waals surface area (Å²) in [4.78, 5) is 0. The van der Waals surface area contributed by atoms with E-state index in [1.54, 1.807) is 0 Å². The lowest BCUT2D eigenvalue weighted by Gasteiger charge is -1.98. The number of aryl methyl sites for hydroxylation is 1. The first-order chi connectivity index (χ1) is 8.36. The number of nitrogens with zero attached hydrogens (tertiary/aromatic N) is 1. The molecule has 1 nitrogen and oxygen atoms in total. The molecule has 2 heterocycles. The predicted molar refractivity (Wildman–Crippen MR) is 82.6 cm³/mol. The Hall–Kier alpha value is -1.38. The van der Waals surface area contributed by atoms with Gasteiger partial charge in [-0.15, -0.1) is 0 Å². The molecule has 17 heavy (non-hydrogen) atoms. The maximum absolute atomic E-state index is 3.50. The van der Waals surface area contributed by atoms with Crippen molar-refractivity contribution in [3.8, 4) is 0 Å². The summed E-state index contributed by atoms with van der Waals surface area (Å²) in [6.07, 6.45) is 2.18. The summed E-state index contributed by atoms with van der Waals surface area (Å²) in [5.41, 5.74) is 3.99. The van der Waals surface area contributed by atoms with Gasteiger partial charge in [-0.1, -0.05) is 21.9 Å². The molecule has 0 saturated carbocycles. The third-order valence-corrected chi connectivity index (χ3v) is 5.51. The topological polar surface area (TPSA) is 4.93 Å². The fraction of sp³-hybridized carbons (Fsp3) is 0.0667. The van der Waals surface area contributed by atoms with Crippen LogP contribution in [0.25, 0.3) is 27.9 Å². The summed E-state index contributed by atoms with van der Waals surface area (Å²) in [6, 6.07) is 13.2. The molecule has 82 valence electrons. The molecule has 0 N–H and O–H groups in total. The van der Waals surface area contributed by atoms with E-state index in [0.29, 0.717) is 0 Å². The summed E-state index contributed by atoms with van der Waals surface area (Å²) in [6.45, 7) is 0. The van der Waals surface area contributed by atoms with Crippen molar-refractivity contribution < 1.29 is 0 Å². The van der Waals surface area contributed by atoms with Crippen molar-refractivity contribution in [1.29, 1.82) is 0 Å². The van der Waals surface area contributed by atoms with Gasteiger partial charge in [-0.25, -0.2) is 0 Å². The Kier molecular flexibility index (Phi) is 1.88. The third kappa shape index (κ3) is 1.17. The lowest BCUT2D eigenvalue weighted by atomic mass is 10.1. The first-order valence-electron chi connectivity index (χ1n) is 5.59. The summed E-state index contributed by atoms with van der Waals surface area (Å²) in [5.74, 6) is 0. The lowest BCUT2D eigenvalue weighted by Crippen LogP contribution is -1.86. The molecule has 1 aliphatic rings. The lowest BCUT2D eigenvalue weighted by molar-refractivity contribution is 1.01. The van der Waals surface area contributed by atoms with Gasteiger partial charge in [0.1, 0.15) is 0 Å². The zero-order valence-electron chi connectivity index (χ0n) is 9.37. The quantitative estimate of drug-likeness (QED) is 0.431. The highest BCUT2D eigenvalue weighted by Gasteiger charge is 2.14. The van der Waals surface area contributed by atoms with E-state index < -0.39 is 0 Å². The molecule has 0 unspecified atom stereocenters. The second-order valence-corrected chi connectivity index (χ2v) is 6.61. The molecule has 0 atom stereocenters. The first kappa shape index (κ1) is 9.63. The van der Waals surface area contributed by atoms with Crippen LogP contribution in [0.1, 0.15) is 5.56 Å². The summed E-state index contributed by atoms with van der Waals surface area (Å²) in [5, 5.41) is 2.86. The van der Waals surface area contributed by atoms with Crippen LogP contribution >= 0.6 is 20.7 Å². The standard InChI is InChI=1S/C15H10IN/c1-17-12-6-2-4-10-8-9-16-11-5-3-7-13(17)15(11)14(10)12/h2-8H,1H3. The second kappa shape index (κ2) is 3.31. The van der Waals surface area contributed by atoms with Crippen LogP contribution in [0.5, 0.6) is 0 Å². The van der Waals surface area contributed by atoms with E-state index in [-0.39, 0.29) is 20.7 Å². The van der Waals surface area contributed by atoms with Gasteiger partial charge >= 0.3 is 0 Å². The van der Waals surface area contributed by atoms with Gasteiger partial charge in [-0.2, -0.15) is 0 Å². The van der Waals surface area contributed by atoms with Gasteiger partial charge < -0.3 is 4.57 Å². The van der Waals surface area contributed by atoms with E-state index in [1.807, 2.05) is 0 Å². The van der Waals surface area contributed by atoms with Gasteiger partial charge in [-0.3, -0.25) is 0 Å². The summed E-state index contributed by atoms with van der Waals surface area (Å²) >= 11 is -0.116. The van der Waals surface area contributed by atoms with E-state index in [4.69, 9.17) is 0 Å². The molecule has 0 aliphatic carbocycles. The van der Waals surface area contributed by atoms with Crippen molar-refractivity contribution in [2.45, 2.75) is 0 Å². The van der Waals surface area contributed by atoms with Gasteiger partial charge in [-0.05, 0) is 50.6 Å². The minimum absolute atomic E-state index is 0.116. The molecule has 0 radical (unpaired) electrons. The van der Waals surface area contributed by atoms with Gasteiger partial charge in [0.25, 0.3) is 0 Å². The molecule has 0 bridgehead atoms. The van der Waals surface area contributed by atoms with Crippen LogP contribution in [0.2, 0.25) is 0 Å². The number of halogens is 1. The average Bonchev–Trinajstić information content (AvgIpc) is 2.55. The van der Waals surface area contributed by atoms with Crippen molar-refractivity contribution >= 4 is 52.3 Å². The highest BCUT2D eigenvalue weighted by atomic mass is 127. The molecule has 2 aromatic carbocycles. The predicted octanol–water partition coefficient (Wildman–Crippen LogP) is 3.90. The Morgan fingerprint density at radius 3 is 2.65 bits per heavy atom. The Bertz CT molecular complexity index is 768. The van der Waals surface area contributed by atoms with Crippen LogP contribution in [0.3, 0.4) is 0 Å². The maximum Gasteiger partial charge on any atom is 0.0499 e. The Labute approximate surface area is 109 Å². The van der Waals surface area contributed by atoms with Crippen LogP contribution in [-0.2, 0) is 7.05 Å². The number of hydrogen-bond acceptors (Lipinski definition) is 0. The first-order valence-corrected chi connectivity index (χ1v) is 7.75. The Morgan fingerprint density at radius 1 is 1.00 bits per heavy atom. The molecular weight excluding hydrogens is 321 g/mol. The average molecular weight is 331 g/mol. The van der Waals surface area contributed by atoms with Gasteiger partial charge in [0, 0.05) is 32.4 Å². The van der Waals surface area contributed by atoms with Crippen molar-refractivity contribution in [2.75, 3.05) is 0 Å². The SMILES string of the molecule is Cn1c2cccc3c2c2c(cccc21)I=C=C3. The fourth-order valence-electron chi connectivity index (χ4n) is 2.62. The maximum atomic E-state index is 3.50. The molecule has 2 heteroatoms. The van der Waals surface area contributed by atoms with Gasteiger partial charge in [0.05, 0.1) is 0 Å². The number of benzene rings is 2. The van der Waals surface area contributed by atoms with Crippen molar-refractivity contribution in [2.24, 2.45) is 7.05 Å². The highest BCUT2D eigenvalue weighted by molar-refractivity contribution is 14.2. The van der Waals surface area contributed by atoms with Crippen molar-refractivity contribution in [1.82, 2.24) is 4.57 Å². The van der Waals surface area contributed by atoms with Crippen LogP contribution < -0.4 is 0 Å². The summed E-state index contributed by atoms with van der Waals surface area (Å²) in [7, 11) is 2.16. The largest absolute Gasteiger partial charge is 0.344 e. The monoisotopic (exact) mass is 331 g/mol. The minimum Gasteiger partial charge on any atom is -0.344 e. The van der Waals surface area contributed by atoms with Crippen LogP contribution in [0, 0.1) is 3.57 Å². The normalized spacial score (nSPS) is 13.2. The van der Waals surface area contributed by atoms with E-state index in [9.17, 15) is 0 Å². The molecule has 4 rings (SSSR count). The second-order valence-electron chi connectivity index (χ2n) is 4.28.